The van der Waals surface area contributed by atoms with Crippen LogP contribution in [0, 0.1) is 5.82 Å². The molecule has 5 heteroatoms. The highest BCUT2D eigenvalue weighted by Crippen LogP contribution is 2.38. The second kappa shape index (κ2) is 7.26. The first-order valence-electron chi connectivity index (χ1n) is 7.97. The number of nitrogens with zero attached hydrogens (tertiary/aromatic N) is 2. The summed E-state index contributed by atoms with van der Waals surface area (Å²) in [5, 5.41) is 0.00696. The second-order valence-corrected chi connectivity index (χ2v) is 7.30. The summed E-state index contributed by atoms with van der Waals surface area (Å²) in [5.41, 5.74) is 3.21. The van der Waals surface area contributed by atoms with E-state index in [1.807, 2.05) is 19.0 Å². The fourth-order valence-corrected chi connectivity index (χ4v) is 4.03. The second-order valence-electron chi connectivity index (χ2n) is 6.11. The highest BCUT2D eigenvalue weighted by Gasteiger charge is 2.29. The summed E-state index contributed by atoms with van der Waals surface area (Å²) in [5.74, 6) is 0.729. The van der Waals surface area contributed by atoms with Gasteiger partial charge in [0.1, 0.15) is 11.2 Å². The molecule has 0 bridgehead atoms. The molecule has 1 aliphatic heterocycles. The van der Waals surface area contributed by atoms with Crippen LogP contribution >= 0.6 is 11.8 Å². The van der Waals surface area contributed by atoms with Crippen LogP contribution < -0.4 is 4.90 Å². The van der Waals surface area contributed by atoms with Crippen molar-refractivity contribution in [2.45, 2.75) is 18.3 Å². The van der Waals surface area contributed by atoms with Crippen LogP contribution in [0.1, 0.15) is 22.9 Å². The molecule has 3 nitrogen and oxygen atoms in total. The number of hydrogen-bond donors (Lipinski definition) is 0. The number of carbonyl (C=O) groups is 1. The molecule has 1 heterocycles. The Morgan fingerprint density at radius 1 is 1.12 bits per heavy atom. The maximum atomic E-state index is 13.1. The molecule has 0 aliphatic carbocycles. The average molecular weight is 344 g/mol. The van der Waals surface area contributed by atoms with E-state index in [1.54, 1.807) is 23.9 Å². The van der Waals surface area contributed by atoms with Crippen molar-refractivity contribution in [2.75, 3.05) is 24.7 Å². The summed E-state index contributed by atoms with van der Waals surface area (Å²) in [7, 11) is 4.02. The zero-order chi connectivity index (χ0) is 17.1. The number of benzene rings is 2. The van der Waals surface area contributed by atoms with Crippen LogP contribution in [0.2, 0.25) is 0 Å². The van der Waals surface area contributed by atoms with Crippen LogP contribution in [0.15, 0.2) is 48.5 Å². The van der Waals surface area contributed by atoms with Crippen LogP contribution in [0.4, 0.5) is 10.1 Å². The van der Waals surface area contributed by atoms with Crippen molar-refractivity contribution in [3.63, 3.8) is 0 Å². The van der Waals surface area contributed by atoms with Crippen molar-refractivity contribution in [3.05, 3.63) is 65.5 Å². The standard InChI is InChI=1S/C19H21FN2OS/c1-21(2)17-9-5-15(6-10-17)19-22(18(23)11-12-24-19)13-14-3-7-16(20)8-4-14/h3-10,19H,11-13H2,1-2H3. The Morgan fingerprint density at radius 2 is 1.79 bits per heavy atom. The molecular weight excluding hydrogens is 323 g/mol. The minimum absolute atomic E-state index is 0.00696. The van der Waals surface area contributed by atoms with E-state index in [2.05, 4.69) is 29.2 Å². The lowest BCUT2D eigenvalue weighted by Crippen LogP contribution is -2.36. The van der Waals surface area contributed by atoms with Gasteiger partial charge in [0, 0.05) is 38.5 Å². The van der Waals surface area contributed by atoms with Gasteiger partial charge in [0.25, 0.3) is 0 Å². The van der Waals surface area contributed by atoms with Gasteiger partial charge in [-0.3, -0.25) is 4.79 Å². The third kappa shape index (κ3) is 3.73. The number of rotatable bonds is 4. The van der Waals surface area contributed by atoms with Crippen LogP contribution in [0.3, 0.4) is 0 Å². The monoisotopic (exact) mass is 344 g/mol. The molecule has 1 atom stereocenters. The van der Waals surface area contributed by atoms with Crippen LogP contribution in [0.25, 0.3) is 0 Å². The van der Waals surface area contributed by atoms with Gasteiger partial charge in [-0.15, -0.1) is 11.8 Å². The Labute approximate surface area is 146 Å². The molecule has 3 rings (SSSR count). The van der Waals surface area contributed by atoms with Gasteiger partial charge in [0.05, 0.1) is 0 Å². The van der Waals surface area contributed by atoms with Crippen molar-refractivity contribution >= 4 is 23.4 Å². The number of anilines is 1. The smallest absolute Gasteiger partial charge is 0.224 e. The van der Waals surface area contributed by atoms with E-state index in [0.717, 1.165) is 22.6 Å². The molecule has 1 aliphatic rings. The van der Waals surface area contributed by atoms with Crippen molar-refractivity contribution in [2.24, 2.45) is 0 Å². The Bertz CT molecular complexity index is 700. The van der Waals surface area contributed by atoms with Gasteiger partial charge in [-0.05, 0) is 35.4 Å². The van der Waals surface area contributed by atoms with E-state index < -0.39 is 0 Å². The number of hydrogen-bond acceptors (Lipinski definition) is 3. The minimum Gasteiger partial charge on any atom is -0.378 e. The Balaban J connectivity index is 1.83. The molecule has 1 amide bonds. The molecule has 0 aromatic heterocycles. The molecule has 2 aromatic rings. The van der Waals surface area contributed by atoms with Gasteiger partial charge in [-0.25, -0.2) is 4.39 Å². The molecule has 0 saturated carbocycles. The van der Waals surface area contributed by atoms with Crippen molar-refractivity contribution in [1.29, 1.82) is 0 Å². The lowest BCUT2D eigenvalue weighted by Gasteiger charge is -2.35. The first-order valence-corrected chi connectivity index (χ1v) is 9.02. The van der Waals surface area contributed by atoms with Gasteiger partial charge in [0.2, 0.25) is 5.91 Å². The topological polar surface area (TPSA) is 23.6 Å². The fourth-order valence-electron chi connectivity index (χ4n) is 2.79. The van der Waals surface area contributed by atoms with Gasteiger partial charge in [-0.2, -0.15) is 0 Å². The average Bonchev–Trinajstić information content (AvgIpc) is 2.58. The van der Waals surface area contributed by atoms with Crippen LogP contribution in [-0.4, -0.2) is 30.7 Å². The van der Waals surface area contributed by atoms with Gasteiger partial charge in [0.15, 0.2) is 0 Å². The Morgan fingerprint density at radius 3 is 2.42 bits per heavy atom. The summed E-state index contributed by atoms with van der Waals surface area (Å²) in [4.78, 5) is 16.4. The SMILES string of the molecule is CN(C)c1ccc(C2SCCC(=O)N2Cc2ccc(F)cc2)cc1. The zero-order valence-electron chi connectivity index (χ0n) is 13.9. The summed E-state index contributed by atoms with van der Waals surface area (Å²) in [6, 6.07) is 14.7. The number of halogens is 1. The third-order valence-corrected chi connectivity index (χ3v) is 5.44. The minimum atomic E-state index is -0.256. The molecule has 0 spiro atoms. The summed E-state index contributed by atoms with van der Waals surface area (Å²) in [6.45, 7) is 0.506. The molecule has 126 valence electrons. The lowest BCUT2D eigenvalue weighted by atomic mass is 10.1. The highest BCUT2D eigenvalue weighted by atomic mass is 32.2. The van der Waals surface area contributed by atoms with Crippen molar-refractivity contribution in [3.8, 4) is 0 Å². The molecule has 0 radical (unpaired) electrons. The number of thioether (sulfide) groups is 1. The largest absolute Gasteiger partial charge is 0.378 e. The summed E-state index contributed by atoms with van der Waals surface area (Å²) >= 11 is 1.78. The first-order chi connectivity index (χ1) is 11.5. The zero-order valence-corrected chi connectivity index (χ0v) is 14.7. The highest BCUT2D eigenvalue weighted by molar-refractivity contribution is 7.99. The van der Waals surface area contributed by atoms with E-state index in [0.29, 0.717) is 13.0 Å². The third-order valence-electron chi connectivity index (χ3n) is 4.16. The first kappa shape index (κ1) is 16.8. The predicted molar refractivity (Wildman–Crippen MR) is 97.5 cm³/mol. The lowest BCUT2D eigenvalue weighted by molar-refractivity contribution is -0.132. The maximum Gasteiger partial charge on any atom is 0.224 e. The fraction of sp³-hybridized carbons (Fsp3) is 0.316. The molecule has 0 N–H and O–H groups in total. The molecular formula is C19H21FN2OS. The Kier molecular flexibility index (Phi) is 5.09. The van der Waals surface area contributed by atoms with E-state index in [4.69, 9.17) is 0 Å². The number of amides is 1. The van der Waals surface area contributed by atoms with Crippen molar-refractivity contribution < 1.29 is 9.18 Å². The maximum absolute atomic E-state index is 13.1. The summed E-state index contributed by atoms with van der Waals surface area (Å²) < 4.78 is 13.1. The van der Waals surface area contributed by atoms with E-state index in [9.17, 15) is 9.18 Å². The van der Waals surface area contributed by atoms with Crippen LogP contribution in [0.5, 0.6) is 0 Å². The predicted octanol–water partition coefficient (Wildman–Crippen LogP) is 4.06. The van der Waals surface area contributed by atoms with Gasteiger partial charge < -0.3 is 9.80 Å². The number of carbonyl (C=O) groups excluding carboxylic acids is 1. The molecule has 2 aromatic carbocycles. The quantitative estimate of drug-likeness (QED) is 0.836. The van der Waals surface area contributed by atoms with Crippen molar-refractivity contribution in [1.82, 2.24) is 4.90 Å². The molecule has 1 fully saturated rings. The normalized spacial score (nSPS) is 17.9. The van der Waals surface area contributed by atoms with Gasteiger partial charge in [-0.1, -0.05) is 24.3 Å². The van der Waals surface area contributed by atoms with E-state index >= 15 is 0 Å². The molecule has 1 saturated heterocycles. The van der Waals surface area contributed by atoms with E-state index in [1.165, 1.54) is 12.1 Å². The molecule has 1 unspecified atom stereocenters. The Hall–Kier alpha value is -2.01. The van der Waals surface area contributed by atoms with Gasteiger partial charge >= 0.3 is 0 Å². The van der Waals surface area contributed by atoms with E-state index in [-0.39, 0.29) is 17.1 Å². The summed E-state index contributed by atoms with van der Waals surface area (Å²) in [6.07, 6.45) is 0.554. The molecule has 24 heavy (non-hydrogen) atoms. The van der Waals surface area contributed by atoms with Crippen LogP contribution in [-0.2, 0) is 11.3 Å².